The first kappa shape index (κ1) is 20.8. The van der Waals surface area contributed by atoms with Crippen molar-refractivity contribution in [1.29, 1.82) is 0 Å². The van der Waals surface area contributed by atoms with Gasteiger partial charge in [-0.05, 0) is 55.7 Å². The molecule has 29 heavy (non-hydrogen) atoms. The predicted molar refractivity (Wildman–Crippen MR) is 107 cm³/mol. The van der Waals surface area contributed by atoms with E-state index in [1.54, 1.807) is 18.2 Å². The largest absolute Gasteiger partial charge is 0.508 e. The number of hydrogen-bond acceptors (Lipinski definition) is 5. The van der Waals surface area contributed by atoms with Gasteiger partial charge in [0.2, 0.25) is 10.0 Å². The SMILES string of the molecule is O=C(NCCCNC(=O)c1cccc(S(=O)(=O)NC2CC2)c1)c1cccc(O)c1. The molecule has 0 aromatic heterocycles. The Labute approximate surface area is 169 Å². The highest BCUT2D eigenvalue weighted by Crippen LogP contribution is 2.22. The summed E-state index contributed by atoms with van der Waals surface area (Å²) in [6, 6.07) is 11.9. The van der Waals surface area contributed by atoms with Gasteiger partial charge in [-0.25, -0.2) is 13.1 Å². The molecule has 0 spiro atoms. The van der Waals surface area contributed by atoms with Crippen molar-refractivity contribution in [3.05, 3.63) is 59.7 Å². The van der Waals surface area contributed by atoms with E-state index in [0.29, 0.717) is 25.1 Å². The number of nitrogens with one attached hydrogen (secondary N) is 3. The van der Waals surface area contributed by atoms with E-state index in [0.717, 1.165) is 12.8 Å². The molecule has 0 aliphatic heterocycles. The van der Waals surface area contributed by atoms with Crippen molar-refractivity contribution < 1.29 is 23.1 Å². The van der Waals surface area contributed by atoms with Gasteiger partial charge in [-0.1, -0.05) is 12.1 Å². The zero-order valence-corrected chi connectivity index (χ0v) is 16.5. The van der Waals surface area contributed by atoms with E-state index in [2.05, 4.69) is 15.4 Å². The number of benzene rings is 2. The summed E-state index contributed by atoms with van der Waals surface area (Å²) in [5, 5.41) is 14.8. The molecule has 1 fully saturated rings. The molecule has 8 nitrogen and oxygen atoms in total. The Balaban J connectivity index is 1.45. The minimum Gasteiger partial charge on any atom is -0.508 e. The Morgan fingerprint density at radius 2 is 1.52 bits per heavy atom. The average molecular weight is 417 g/mol. The zero-order valence-electron chi connectivity index (χ0n) is 15.7. The first-order valence-electron chi connectivity index (χ1n) is 9.33. The summed E-state index contributed by atoms with van der Waals surface area (Å²) in [7, 11) is -3.62. The number of rotatable bonds is 9. The molecule has 2 aromatic rings. The van der Waals surface area contributed by atoms with Gasteiger partial charge >= 0.3 is 0 Å². The van der Waals surface area contributed by atoms with E-state index in [-0.39, 0.29) is 34.1 Å². The zero-order chi connectivity index (χ0) is 20.9. The van der Waals surface area contributed by atoms with Crippen LogP contribution in [0.1, 0.15) is 40.0 Å². The highest BCUT2D eigenvalue weighted by Gasteiger charge is 2.28. The van der Waals surface area contributed by atoms with Gasteiger partial charge in [0, 0.05) is 30.3 Å². The van der Waals surface area contributed by atoms with Gasteiger partial charge in [-0.3, -0.25) is 9.59 Å². The first-order valence-corrected chi connectivity index (χ1v) is 10.8. The third-order valence-corrected chi connectivity index (χ3v) is 5.86. The van der Waals surface area contributed by atoms with Crippen LogP contribution in [0.2, 0.25) is 0 Å². The van der Waals surface area contributed by atoms with Crippen LogP contribution in [-0.2, 0) is 10.0 Å². The molecule has 0 bridgehead atoms. The van der Waals surface area contributed by atoms with E-state index >= 15 is 0 Å². The molecular formula is C20H23N3O5S. The average Bonchev–Trinajstić information content (AvgIpc) is 3.51. The van der Waals surface area contributed by atoms with Crippen molar-refractivity contribution in [3.63, 3.8) is 0 Å². The van der Waals surface area contributed by atoms with Gasteiger partial charge in [0.15, 0.2) is 0 Å². The van der Waals surface area contributed by atoms with Crippen molar-refractivity contribution in [2.24, 2.45) is 0 Å². The number of sulfonamides is 1. The van der Waals surface area contributed by atoms with Gasteiger partial charge in [-0.15, -0.1) is 0 Å². The van der Waals surface area contributed by atoms with E-state index < -0.39 is 10.0 Å². The van der Waals surface area contributed by atoms with E-state index in [9.17, 15) is 23.1 Å². The summed E-state index contributed by atoms with van der Waals surface area (Å²) < 4.78 is 27.1. The maximum Gasteiger partial charge on any atom is 0.251 e. The second-order valence-electron chi connectivity index (χ2n) is 6.84. The Bertz CT molecular complexity index is 1000. The Morgan fingerprint density at radius 3 is 2.10 bits per heavy atom. The van der Waals surface area contributed by atoms with Gasteiger partial charge in [0.05, 0.1) is 4.90 Å². The van der Waals surface area contributed by atoms with E-state index in [4.69, 9.17) is 0 Å². The predicted octanol–water partition coefficient (Wildman–Crippen LogP) is 1.38. The minimum absolute atomic E-state index is 0.00690. The second-order valence-corrected chi connectivity index (χ2v) is 8.55. The Kier molecular flexibility index (Phi) is 6.50. The minimum atomic E-state index is -3.62. The molecule has 0 atom stereocenters. The molecule has 2 aromatic carbocycles. The van der Waals surface area contributed by atoms with Gasteiger partial charge in [0.25, 0.3) is 11.8 Å². The summed E-state index contributed by atoms with van der Waals surface area (Å²) in [4.78, 5) is 24.3. The Morgan fingerprint density at radius 1 is 0.931 bits per heavy atom. The lowest BCUT2D eigenvalue weighted by Crippen LogP contribution is -2.30. The van der Waals surface area contributed by atoms with Crippen LogP contribution >= 0.6 is 0 Å². The summed E-state index contributed by atoms with van der Waals surface area (Å²) in [5.74, 6) is -0.678. The summed E-state index contributed by atoms with van der Waals surface area (Å²) in [5.41, 5.74) is 0.610. The lowest BCUT2D eigenvalue weighted by Gasteiger charge is -2.09. The fraction of sp³-hybridized carbons (Fsp3) is 0.300. The van der Waals surface area contributed by atoms with Crippen LogP contribution in [-0.4, -0.2) is 44.5 Å². The molecule has 0 saturated heterocycles. The van der Waals surface area contributed by atoms with Crippen molar-refractivity contribution in [2.75, 3.05) is 13.1 Å². The number of aromatic hydroxyl groups is 1. The first-order chi connectivity index (χ1) is 13.8. The normalized spacial score (nSPS) is 13.7. The highest BCUT2D eigenvalue weighted by atomic mass is 32.2. The second kappa shape index (κ2) is 9.06. The van der Waals surface area contributed by atoms with Crippen molar-refractivity contribution in [2.45, 2.75) is 30.2 Å². The fourth-order valence-electron chi connectivity index (χ4n) is 2.64. The molecule has 2 amide bonds. The monoisotopic (exact) mass is 417 g/mol. The number of phenolic OH excluding ortho intramolecular Hbond substituents is 1. The van der Waals surface area contributed by atoms with Gasteiger partial charge < -0.3 is 15.7 Å². The fourth-order valence-corrected chi connectivity index (χ4v) is 3.99. The molecule has 154 valence electrons. The van der Waals surface area contributed by atoms with E-state index in [1.165, 1.54) is 30.3 Å². The van der Waals surface area contributed by atoms with Crippen LogP contribution in [0, 0.1) is 0 Å². The molecule has 4 N–H and O–H groups in total. The number of amides is 2. The third-order valence-electron chi connectivity index (χ3n) is 4.34. The lowest BCUT2D eigenvalue weighted by atomic mass is 10.2. The lowest BCUT2D eigenvalue weighted by molar-refractivity contribution is 0.0951. The standard InChI is InChI=1S/C20H23N3O5S/c24-17-6-1-4-14(12-17)19(25)21-10-3-11-22-20(26)15-5-2-7-18(13-15)29(27,28)23-16-8-9-16/h1-2,4-7,12-13,16,23-24H,3,8-11H2,(H,21,25)(H,22,26). The maximum absolute atomic E-state index is 12.3. The summed E-state index contributed by atoms with van der Waals surface area (Å²) in [6.07, 6.45) is 2.17. The molecule has 0 unspecified atom stereocenters. The molecule has 1 aliphatic carbocycles. The molecule has 3 rings (SSSR count). The Hall–Kier alpha value is -2.91. The van der Waals surface area contributed by atoms with Crippen LogP contribution in [0.15, 0.2) is 53.4 Å². The molecule has 1 saturated carbocycles. The number of carbonyl (C=O) groups is 2. The van der Waals surface area contributed by atoms with Gasteiger partial charge in [0.1, 0.15) is 5.75 Å². The van der Waals surface area contributed by atoms with Crippen LogP contribution in [0.25, 0.3) is 0 Å². The van der Waals surface area contributed by atoms with Crippen LogP contribution in [0.4, 0.5) is 0 Å². The van der Waals surface area contributed by atoms with Crippen molar-refractivity contribution in [1.82, 2.24) is 15.4 Å². The topological polar surface area (TPSA) is 125 Å². The summed E-state index contributed by atoms with van der Waals surface area (Å²) in [6.45, 7) is 0.658. The highest BCUT2D eigenvalue weighted by molar-refractivity contribution is 7.89. The molecular weight excluding hydrogens is 394 g/mol. The van der Waals surface area contributed by atoms with Gasteiger partial charge in [-0.2, -0.15) is 0 Å². The third kappa shape index (κ3) is 6.03. The molecule has 1 aliphatic rings. The summed E-state index contributed by atoms with van der Waals surface area (Å²) >= 11 is 0. The van der Waals surface area contributed by atoms with Crippen LogP contribution < -0.4 is 15.4 Å². The van der Waals surface area contributed by atoms with Crippen molar-refractivity contribution >= 4 is 21.8 Å². The van der Waals surface area contributed by atoms with Crippen LogP contribution in [0.5, 0.6) is 5.75 Å². The molecule has 0 radical (unpaired) electrons. The smallest absolute Gasteiger partial charge is 0.251 e. The molecule has 9 heteroatoms. The maximum atomic E-state index is 12.3. The number of hydrogen-bond donors (Lipinski definition) is 4. The van der Waals surface area contributed by atoms with E-state index in [1.807, 2.05) is 0 Å². The molecule has 0 heterocycles. The quantitative estimate of drug-likeness (QED) is 0.459. The van der Waals surface area contributed by atoms with Crippen molar-refractivity contribution in [3.8, 4) is 5.75 Å². The number of carbonyl (C=O) groups excluding carboxylic acids is 2. The number of phenols is 1. The van der Waals surface area contributed by atoms with Crippen LogP contribution in [0.3, 0.4) is 0 Å².